The first kappa shape index (κ1) is 10.8. The normalized spacial score (nSPS) is 9.87. The molecule has 2 aromatic rings. The zero-order valence-electron chi connectivity index (χ0n) is 8.30. The summed E-state index contributed by atoms with van der Waals surface area (Å²) in [6.45, 7) is 0. The molecule has 4 radical (unpaired) electrons. The molecule has 0 fully saturated rings. The standard InChI is InChI=1S/C12H9N.2Al/c13-12-9-5-4-8-11(12)10-6-2-1-3-7-10;;/h1-9H;;. The minimum absolute atomic E-state index is 1.18. The Kier molecular flexibility index (Phi) is 3.52. The van der Waals surface area contributed by atoms with Crippen molar-refractivity contribution in [3.8, 4) is 11.1 Å². The number of anilines is 1. The fourth-order valence-electron chi connectivity index (χ4n) is 1.56. The van der Waals surface area contributed by atoms with Gasteiger partial charge in [-0.25, -0.2) is 0 Å². The average molecular weight is 221 g/mol. The van der Waals surface area contributed by atoms with Crippen molar-refractivity contribution in [2.75, 3.05) is 2.87 Å². The van der Waals surface area contributed by atoms with Crippen molar-refractivity contribution in [1.29, 1.82) is 0 Å². The second kappa shape index (κ2) is 4.89. The summed E-state index contributed by atoms with van der Waals surface area (Å²) in [7, 11) is 0. The van der Waals surface area contributed by atoms with Gasteiger partial charge in [0.15, 0.2) is 0 Å². The van der Waals surface area contributed by atoms with Crippen molar-refractivity contribution in [2.24, 2.45) is 0 Å². The molecule has 1 nitrogen and oxygen atoms in total. The van der Waals surface area contributed by atoms with Crippen LogP contribution in [0.25, 0.3) is 11.1 Å². The van der Waals surface area contributed by atoms with E-state index in [0.717, 1.165) is 0 Å². The molecular formula is C12H9Al2N. The zero-order chi connectivity index (χ0) is 10.7. The van der Waals surface area contributed by atoms with Crippen LogP contribution in [0.2, 0.25) is 0 Å². The smallest absolute Gasteiger partial charge is 0.277 e. The van der Waals surface area contributed by atoms with Gasteiger partial charge in [-0.2, -0.15) is 0 Å². The third-order valence-corrected chi connectivity index (χ3v) is 2.82. The Morgan fingerprint density at radius 2 is 1.33 bits per heavy atom. The molecule has 0 aliphatic heterocycles. The van der Waals surface area contributed by atoms with Crippen LogP contribution in [0, 0.1) is 0 Å². The van der Waals surface area contributed by atoms with E-state index in [-0.39, 0.29) is 0 Å². The average Bonchev–Trinajstić information content (AvgIpc) is 2.30. The van der Waals surface area contributed by atoms with Crippen molar-refractivity contribution in [2.45, 2.75) is 0 Å². The van der Waals surface area contributed by atoms with Gasteiger partial charge in [0.2, 0.25) is 0 Å². The van der Waals surface area contributed by atoms with Gasteiger partial charge in [0, 0.05) is 5.56 Å². The first-order chi connectivity index (χ1) is 7.29. The van der Waals surface area contributed by atoms with Crippen molar-refractivity contribution in [3.63, 3.8) is 0 Å². The number of benzene rings is 2. The molecule has 0 spiro atoms. The highest BCUT2D eigenvalue weighted by atomic mass is 27.1. The molecule has 0 amide bonds. The third kappa shape index (κ3) is 2.46. The zero-order valence-corrected chi connectivity index (χ0v) is 10.6. The molecule has 0 saturated heterocycles. The molecule has 0 unspecified atom stereocenters. The third-order valence-electron chi connectivity index (χ3n) is 2.27. The maximum absolute atomic E-state index is 2.65. The van der Waals surface area contributed by atoms with E-state index in [9.17, 15) is 0 Å². The van der Waals surface area contributed by atoms with Gasteiger partial charge in [-0.1, -0.05) is 48.5 Å². The maximum Gasteiger partial charge on any atom is 0.277 e. The lowest BCUT2D eigenvalue weighted by Gasteiger charge is -2.21. The van der Waals surface area contributed by atoms with Crippen molar-refractivity contribution in [3.05, 3.63) is 54.6 Å². The van der Waals surface area contributed by atoms with E-state index in [2.05, 4.69) is 75.5 Å². The molecule has 0 heterocycles. The van der Waals surface area contributed by atoms with Crippen LogP contribution in [0.1, 0.15) is 0 Å². The number of para-hydroxylation sites is 1. The van der Waals surface area contributed by atoms with Crippen molar-refractivity contribution in [1.82, 2.24) is 0 Å². The van der Waals surface area contributed by atoms with Crippen LogP contribution >= 0.6 is 0 Å². The lowest BCUT2D eigenvalue weighted by atomic mass is 10.0. The van der Waals surface area contributed by atoms with Gasteiger partial charge in [-0.05, 0) is 17.3 Å². The summed E-state index contributed by atoms with van der Waals surface area (Å²) in [5, 5.41) is 0. The Morgan fingerprint density at radius 1 is 0.733 bits per heavy atom. The highest BCUT2D eigenvalue weighted by Gasteiger charge is 2.02. The number of hydrogen-bond acceptors (Lipinski definition) is 1. The number of hydrogen-bond donors (Lipinski definition) is 0. The van der Waals surface area contributed by atoms with Crippen molar-refractivity contribution < 1.29 is 0 Å². The summed E-state index contributed by atoms with van der Waals surface area (Å²) in [4.78, 5) is 0. The summed E-state index contributed by atoms with van der Waals surface area (Å²) in [5.74, 6) is 0. The molecule has 68 valence electrons. The van der Waals surface area contributed by atoms with Gasteiger partial charge < -0.3 is 2.87 Å². The van der Waals surface area contributed by atoms with E-state index in [0.29, 0.717) is 0 Å². The molecule has 0 bridgehead atoms. The predicted molar refractivity (Wildman–Crippen MR) is 65.9 cm³/mol. The summed E-state index contributed by atoms with van der Waals surface area (Å²) < 4.78 is 1.97. The van der Waals surface area contributed by atoms with Crippen LogP contribution in [0.4, 0.5) is 5.69 Å². The van der Waals surface area contributed by atoms with Gasteiger partial charge >= 0.3 is 0 Å². The van der Waals surface area contributed by atoms with Gasteiger partial charge in [-0.15, -0.1) is 0 Å². The monoisotopic (exact) mass is 221 g/mol. The van der Waals surface area contributed by atoms with E-state index in [1.807, 2.05) is 15.0 Å². The molecular weight excluding hydrogens is 212 g/mol. The highest BCUT2D eigenvalue weighted by molar-refractivity contribution is 6.42. The van der Waals surface area contributed by atoms with Crippen molar-refractivity contribution >= 4 is 38.7 Å². The van der Waals surface area contributed by atoms with E-state index >= 15 is 0 Å². The predicted octanol–water partition coefficient (Wildman–Crippen LogP) is 2.33. The molecule has 0 atom stereocenters. The van der Waals surface area contributed by atoms with Crippen LogP contribution in [0.5, 0.6) is 0 Å². The second-order valence-electron chi connectivity index (χ2n) is 3.29. The fraction of sp³-hybridized carbons (Fsp3) is 0. The Labute approximate surface area is 107 Å². The molecule has 2 aromatic carbocycles. The molecule has 15 heavy (non-hydrogen) atoms. The number of nitrogens with zero attached hydrogens (tertiary/aromatic N) is 1. The van der Waals surface area contributed by atoms with Crippen LogP contribution in [-0.4, -0.2) is 33.0 Å². The lowest BCUT2D eigenvalue weighted by molar-refractivity contribution is 1.54. The lowest BCUT2D eigenvalue weighted by Crippen LogP contribution is -2.14. The molecule has 0 aromatic heterocycles. The van der Waals surface area contributed by atoms with Crippen LogP contribution in [0.3, 0.4) is 0 Å². The van der Waals surface area contributed by atoms with E-state index in [1.54, 1.807) is 0 Å². The summed E-state index contributed by atoms with van der Waals surface area (Å²) in [6, 6.07) is 18.7. The Hall–Kier alpha value is -0.695. The minimum atomic E-state index is 1.18. The van der Waals surface area contributed by atoms with Gasteiger partial charge in [0.1, 0.15) is 0 Å². The minimum Gasteiger partial charge on any atom is -0.586 e. The summed E-state index contributed by atoms with van der Waals surface area (Å²) >= 11 is 5.31. The van der Waals surface area contributed by atoms with Crippen LogP contribution in [0.15, 0.2) is 54.6 Å². The summed E-state index contributed by atoms with van der Waals surface area (Å²) in [6.07, 6.45) is 0. The Morgan fingerprint density at radius 3 is 2.00 bits per heavy atom. The molecule has 3 heteroatoms. The molecule has 2 rings (SSSR count). The van der Waals surface area contributed by atoms with Crippen LogP contribution < -0.4 is 2.87 Å². The molecule has 0 aliphatic rings. The fourth-order valence-corrected chi connectivity index (χ4v) is 2.01. The summed E-state index contributed by atoms with van der Waals surface area (Å²) in [5.41, 5.74) is 3.66. The van der Waals surface area contributed by atoms with E-state index in [4.69, 9.17) is 0 Å². The first-order valence-electron chi connectivity index (χ1n) is 4.73. The quantitative estimate of drug-likeness (QED) is 0.703. The highest BCUT2D eigenvalue weighted by Crippen LogP contribution is 2.28. The van der Waals surface area contributed by atoms with Crippen LogP contribution in [-0.2, 0) is 0 Å². The molecule has 0 N–H and O–H groups in total. The second-order valence-corrected chi connectivity index (χ2v) is 5.00. The molecule has 0 saturated carbocycles. The maximum atomic E-state index is 2.65. The first-order valence-corrected chi connectivity index (χ1v) is 5.76. The molecule has 0 aliphatic carbocycles. The van der Waals surface area contributed by atoms with E-state index < -0.39 is 0 Å². The van der Waals surface area contributed by atoms with Gasteiger partial charge in [-0.3, -0.25) is 0 Å². The topological polar surface area (TPSA) is 3.24 Å². The number of rotatable bonds is 2. The van der Waals surface area contributed by atoms with E-state index in [1.165, 1.54) is 16.8 Å². The van der Waals surface area contributed by atoms with Gasteiger partial charge in [0.25, 0.3) is 33.0 Å². The Balaban J connectivity index is 2.53. The van der Waals surface area contributed by atoms with Gasteiger partial charge in [0.05, 0.1) is 0 Å². The largest absolute Gasteiger partial charge is 0.586 e. The SMILES string of the molecule is [Al][N]([Al])c1ccccc1-c1ccccc1. The Bertz CT molecular complexity index is 440.